The molecule has 0 radical (unpaired) electrons. The fraction of sp³-hybridized carbons (Fsp3) is 0.538. The third-order valence-corrected chi connectivity index (χ3v) is 2.74. The molecule has 0 aliphatic heterocycles. The standard InChI is InChI=1S/C13H20ClNO/c1-10(2)5-4-8-16-13-11(9-15)6-3-7-12(13)14/h3,6-7,10H,4-5,8-9,15H2,1-2H3. The third kappa shape index (κ3) is 4.03. The second kappa shape index (κ2) is 6.77. The summed E-state index contributed by atoms with van der Waals surface area (Å²) in [6, 6.07) is 5.67. The van der Waals surface area contributed by atoms with Gasteiger partial charge >= 0.3 is 0 Å². The van der Waals surface area contributed by atoms with E-state index in [1.54, 1.807) is 0 Å². The number of halogens is 1. The molecule has 90 valence electrons. The van der Waals surface area contributed by atoms with E-state index in [0.717, 1.165) is 17.7 Å². The highest BCUT2D eigenvalue weighted by Crippen LogP contribution is 2.28. The Hall–Kier alpha value is -0.730. The molecular formula is C13H20ClNO. The molecular weight excluding hydrogens is 222 g/mol. The van der Waals surface area contributed by atoms with E-state index in [-0.39, 0.29) is 0 Å². The molecule has 1 aromatic rings. The summed E-state index contributed by atoms with van der Waals surface area (Å²) in [6.07, 6.45) is 2.22. The summed E-state index contributed by atoms with van der Waals surface area (Å²) in [4.78, 5) is 0. The van der Waals surface area contributed by atoms with Crippen LogP contribution in [0.2, 0.25) is 5.02 Å². The van der Waals surface area contributed by atoms with Crippen molar-refractivity contribution in [2.24, 2.45) is 11.7 Å². The second-order valence-corrected chi connectivity index (χ2v) is 4.72. The Balaban J connectivity index is 2.52. The van der Waals surface area contributed by atoms with Gasteiger partial charge in [0.2, 0.25) is 0 Å². The van der Waals surface area contributed by atoms with E-state index in [2.05, 4.69) is 13.8 Å². The van der Waals surface area contributed by atoms with E-state index in [1.165, 1.54) is 6.42 Å². The lowest BCUT2D eigenvalue weighted by Crippen LogP contribution is -2.05. The Morgan fingerprint density at radius 2 is 2.12 bits per heavy atom. The van der Waals surface area contributed by atoms with Crippen LogP contribution in [0.1, 0.15) is 32.3 Å². The number of nitrogens with two attached hydrogens (primary N) is 1. The molecule has 0 aromatic heterocycles. The highest BCUT2D eigenvalue weighted by molar-refractivity contribution is 6.32. The van der Waals surface area contributed by atoms with Crippen molar-refractivity contribution < 1.29 is 4.74 Å². The van der Waals surface area contributed by atoms with Gasteiger partial charge in [0.05, 0.1) is 11.6 Å². The first-order valence-corrected chi connectivity index (χ1v) is 6.13. The molecule has 0 atom stereocenters. The van der Waals surface area contributed by atoms with Crippen LogP contribution in [0, 0.1) is 5.92 Å². The van der Waals surface area contributed by atoms with Crippen LogP contribution in [0.5, 0.6) is 5.75 Å². The molecule has 0 aliphatic carbocycles. The van der Waals surface area contributed by atoms with Crippen molar-refractivity contribution >= 4 is 11.6 Å². The summed E-state index contributed by atoms with van der Waals surface area (Å²) in [7, 11) is 0. The van der Waals surface area contributed by atoms with Gasteiger partial charge < -0.3 is 10.5 Å². The fourth-order valence-corrected chi connectivity index (χ4v) is 1.79. The van der Waals surface area contributed by atoms with Crippen molar-refractivity contribution in [3.63, 3.8) is 0 Å². The maximum atomic E-state index is 6.07. The first-order chi connectivity index (χ1) is 7.65. The normalized spacial score (nSPS) is 10.8. The number of para-hydroxylation sites is 1. The average Bonchev–Trinajstić information content (AvgIpc) is 2.25. The third-order valence-electron chi connectivity index (χ3n) is 2.44. The molecule has 0 bridgehead atoms. The molecule has 2 N–H and O–H groups in total. The van der Waals surface area contributed by atoms with E-state index in [9.17, 15) is 0 Å². The molecule has 0 saturated carbocycles. The van der Waals surface area contributed by atoms with Crippen LogP contribution in [-0.2, 0) is 6.54 Å². The van der Waals surface area contributed by atoms with E-state index < -0.39 is 0 Å². The number of hydrogen-bond acceptors (Lipinski definition) is 2. The van der Waals surface area contributed by atoms with Crippen molar-refractivity contribution in [2.75, 3.05) is 6.61 Å². The topological polar surface area (TPSA) is 35.2 Å². The molecule has 0 amide bonds. The fourth-order valence-electron chi connectivity index (χ4n) is 1.54. The highest BCUT2D eigenvalue weighted by Gasteiger charge is 2.06. The van der Waals surface area contributed by atoms with Crippen molar-refractivity contribution in [3.8, 4) is 5.75 Å². The summed E-state index contributed by atoms with van der Waals surface area (Å²) in [5.74, 6) is 1.46. The number of ether oxygens (including phenoxy) is 1. The summed E-state index contributed by atoms with van der Waals surface area (Å²) in [5, 5.41) is 0.646. The molecule has 0 spiro atoms. The highest BCUT2D eigenvalue weighted by atomic mass is 35.5. The van der Waals surface area contributed by atoms with E-state index >= 15 is 0 Å². The summed E-state index contributed by atoms with van der Waals surface area (Å²) >= 11 is 6.07. The lowest BCUT2D eigenvalue weighted by atomic mass is 10.1. The molecule has 3 heteroatoms. The maximum Gasteiger partial charge on any atom is 0.142 e. The van der Waals surface area contributed by atoms with Crippen LogP contribution in [0.3, 0.4) is 0 Å². The number of benzene rings is 1. The molecule has 0 fully saturated rings. The van der Waals surface area contributed by atoms with Crippen molar-refractivity contribution in [1.29, 1.82) is 0 Å². The van der Waals surface area contributed by atoms with Gasteiger partial charge in [0.25, 0.3) is 0 Å². The zero-order valence-corrected chi connectivity index (χ0v) is 10.8. The van der Waals surface area contributed by atoms with Gasteiger partial charge in [0.1, 0.15) is 5.75 Å². The van der Waals surface area contributed by atoms with Crippen LogP contribution >= 0.6 is 11.6 Å². The van der Waals surface area contributed by atoms with Crippen LogP contribution in [0.4, 0.5) is 0 Å². The minimum Gasteiger partial charge on any atom is -0.492 e. The second-order valence-electron chi connectivity index (χ2n) is 4.32. The molecule has 16 heavy (non-hydrogen) atoms. The largest absolute Gasteiger partial charge is 0.492 e. The van der Waals surface area contributed by atoms with E-state index in [4.69, 9.17) is 22.1 Å². The van der Waals surface area contributed by atoms with Crippen LogP contribution in [-0.4, -0.2) is 6.61 Å². The minimum absolute atomic E-state index is 0.458. The summed E-state index contributed by atoms with van der Waals surface area (Å²) in [5.41, 5.74) is 6.60. The summed E-state index contributed by atoms with van der Waals surface area (Å²) < 4.78 is 5.70. The van der Waals surface area contributed by atoms with Crippen molar-refractivity contribution in [1.82, 2.24) is 0 Å². The van der Waals surface area contributed by atoms with E-state index in [0.29, 0.717) is 24.1 Å². The lowest BCUT2D eigenvalue weighted by Gasteiger charge is -2.12. The molecule has 2 nitrogen and oxygen atoms in total. The first-order valence-electron chi connectivity index (χ1n) is 5.75. The predicted octanol–water partition coefficient (Wildman–Crippen LogP) is 3.61. The van der Waals surface area contributed by atoms with Crippen molar-refractivity contribution in [3.05, 3.63) is 28.8 Å². The van der Waals surface area contributed by atoms with Gasteiger partial charge in [-0.3, -0.25) is 0 Å². The van der Waals surface area contributed by atoms with Crippen LogP contribution in [0.15, 0.2) is 18.2 Å². The molecule has 0 unspecified atom stereocenters. The van der Waals surface area contributed by atoms with Gasteiger partial charge in [0.15, 0.2) is 0 Å². The van der Waals surface area contributed by atoms with Gasteiger partial charge in [-0.2, -0.15) is 0 Å². The van der Waals surface area contributed by atoms with Crippen molar-refractivity contribution in [2.45, 2.75) is 33.2 Å². The smallest absolute Gasteiger partial charge is 0.142 e. The predicted molar refractivity (Wildman–Crippen MR) is 68.9 cm³/mol. The molecule has 0 heterocycles. The Kier molecular flexibility index (Phi) is 5.64. The monoisotopic (exact) mass is 241 g/mol. The Labute approximate surface area is 103 Å². The SMILES string of the molecule is CC(C)CCCOc1c(Cl)cccc1CN. The van der Waals surface area contributed by atoms with Gasteiger partial charge in [-0.1, -0.05) is 37.6 Å². The lowest BCUT2D eigenvalue weighted by molar-refractivity contribution is 0.295. The van der Waals surface area contributed by atoms with Gasteiger partial charge in [-0.25, -0.2) is 0 Å². The van der Waals surface area contributed by atoms with E-state index in [1.807, 2.05) is 18.2 Å². The Morgan fingerprint density at radius 3 is 2.75 bits per heavy atom. The Morgan fingerprint density at radius 1 is 1.38 bits per heavy atom. The first kappa shape index (κ1) is 13.3. The van der Waals surface area contributed by atoms with Gasteiger partial charge in [0, 0.05) is 12.1 Å². The number of rotatable bonds is 6. The molecule has 1 aromatic carbocycles. The maximum absolute atomic E-state index is 6.07. The van der Waals surface area contributed by atoms with Crippen LogP contribution in [0.25, 0.3) is 0 Å². The average molecular weight is 242 g/mol. The molecule has 1 rings (SSSR count). The minimum atomic E-state index is 0.458. The van der Waals surface area contributed by atoms with Gasteiger partial charge in [-0.15, -0.1) is 0 Å². The molecule has 0 aliphatic rings. The molecule has 0 saturated heterocycles. The van der Waals surface area contributed by atoms with Gasteiger partial charge in [-0.05, 0) is 24.8 Å². The Bertz CT molecular complexity index is 326. The zero-order chi connectivity index (χ0) is 12.0. The zero-order valence-electron chi connectivity index (χ0n) is 10.0. The quantitative estimate of drug-likeness (QED) is 0.773. The summed E-state index contributed by atoms with van der Waals surface area (Å²) in [6.45, 7) is 5.58. The van der Waals surface area contributed by atoms with Crippen LogP contribution < -0.4 is 10.5 Å². The number of hydrogen-bond donors (Lipinski definition) is 1.